The molecule has 174 valence electrons. The van der Waals surface area contributed by atoms with Crippen molar-refractivity contribution >= 4 is 12.1 Å². The van der Waals surface area contributed by atoms with Crippen LogP contribution in [0.5, 0.6) is 5.75 Å². The van der Waals surface area contributed by atoms with E-state index in [4.69, 9.17) is 9.47 Å². The van der Waals surface area contributed by atoms with Crippen molar-refractivity contribution in [1.29, 1.82) is 0 Å². The maximum atomic E-state index is 12.0. The van der Waals surface area contributed by atoms with Gasteiger partial charge in [0.15, 0.2) is 0 Å². The summed E-state index contributed by atoms with van der Waals surface area (Å²) in [5.41, 5.74) is 1.94. The van der Waals surface area contributed by atoms with Crippen LogP contribution in [0.3, 0.4) is 0 Å². The quantitative estimate of drug-likeness (QED) is 0.693. The summed E-state index contributed by atoms with van der Waals surface area (Å²) in [6.45, 7) is 7.43. The molecule has 0 bridgehead atoms. The molecule has 0 radical (unpaired) electrons. The third-order valence-electron chi connectivity index (χ3n) is 5.29. The minimum atomic E-state index is -0.765. The number of carboxylic acids is 1. The Hall–Kier alpha value is -3.17. The average Bonchev–Trinajstić information content (AvgIpc) is 3.07. The Kier molecular flexibility index (Phi) is 7.00. The number of aliphatic carboxylic acids is 1. The summed E-state index contributed by atoms with van der Waals surface area (Å²) in [6.07, 6.45) is 2.19. The number of alkyl carbamates (subject to hydrolysis) is 1. The molecule has 1 fully saturated rings. The molecule has 1 aliphatic carbocycles. The minimum absolute atomic E-state index is 0.138. The zero-order valence-electron chi connectivity index (χ0n) is 19.2. The Morgan fingerprint density at radius 1 is 1.28 bits per heavy atom. The number of ether oxygens (including phenoxy) is 2. The fraction of sp³-hybridized carbons (Fsp3) is 0.591. The summed E-state index contributed by atoms with van der Waals surface area (Å²) in [7, 11) is 1.74. The summed E-state index contributed by atoms with van der Waals surface area (Å²) in [5, 5.41) is 20.3. The van der Waals surface area contributed by atoms with Gasteiger partial charge in [0, 0.05) is 7.05 Å². The number of nitrogens with one attached hydrogen (secondary N) is 1. The number of nitrogens with zero attached hydrogens (tertiary/aromatic N) is 4. The highest BCUT2D eigenvalue weighted by Gasteiger charge is 2.28. The number of hydrogen-bond donors (Lipinski definition) is 2. The van der Waals surface area contributed by atoms with Crippen molar-refractivity contribution in [3.63, 3.8) is 0 Å². The van der Waals surface area contributed by atoms with E-state index in [0.717, 1.165) is 12.8 Å². The third kappa shape index (κ3) is 5.95. The summed E-state index contributed by atoms with van der Waals surface area (Å²) < 4.78 is 12.9. The summed E-state index contributed by atoms with van der Waals surface area (Å²) in [6, 6.07) is 3.61. The van der Waals surface area contributed by atoms with Crippen LogP contribution in [0, 0.1) is 12.8 Å². The van der Waals surface area contributed by atoms with Gasteiger partial charge in [0.2, 0.25) is 0 Å². The average molecular weight is 446 g/mol. The first-order chi connectivity index (χ1) is 15.0. The van der Waals surface area contributed by atoms with Gasteiger partial charge in [-0.05, 0) is 65.5 Å². The predicted molar refractivity (Wildman–Crippen MR) is 116 cm³/mol. The van der Waals surface area contributed by atoms with Gasteiger partial charge in [-0.25, -0.2) is 14.5 Å². The molecule has 0 spiro atoms. The second-order valence-electron chi connectivity index (χ2n) is 9.09. The molecule has 2 atom stereocenters. The molecule has 2 N–H and O–H groups in total. The normalized spacial score (nSPS) is 18.8. The van der Waals surface area contributed by atoms with Crippen molar-refractivity contribution in [3.8, 4) is 17.1 Å². The lowest BCUT2D eigenvalue weighted by atomic mass is 9.87. The monoisotopic (exact) mass is 445 g/mol. The fourth-order valence-electron chi connectivity index (χ4n) is 3.70. The molecule has 2 heterocycles. The Bertz CT molecular complexity index is 982. The van der Waals surface area contributed by atoms with E-state index < -0.39 is 17.7 Å². The van der Waals surface area contributed by atoms with Crippen molar-refractivity contribution in [2.75, 3.05) is 0 Å². The summed E-state index contributed by atoms with van der Waals surface area (Å²) in [4.78, 5) is 27.9. The van der Waals surface area contributed by atoms with E-state index in [2.05, 4.69) is 20.6 Å². The molecule has 0 aromatic carbocycles. The highest BCUT2D eigenvalue weighted by atomic mass is 16.6. The number of rotatable bonds is 6. The maximum absolute atomic E-state index is 12.0. The Balaban J connectivity index is 1.71. The minimum Gasteiger partial charge on any atom is -0.489 e. The van der Waals surface area contributed by atoms with Crippen LogP contribution in [0.2, 0.25) is 0 Å². The van der Waals surface area contributed by atoms with Crippen molar-refractivity contribution in [3.05, 3.63) is 23.5 Å². The van der Waals surface area contributed by atoms with Gasteiger partial charge in [0.05, 0.1) is 35.6 Å². The molecule has 10 heteroatoms. The van der Waals surface area contributed by atoms with E-state index in [1.165, 1.54) is 0 Å². The molecule has 1 amide bonds. The smallest absolute Gasteiger partial charge is 0.407 e. The molecule has 1 aliphatic rings. The van der Waals surface area contributed by atoms with Gasteiger partial charge >= 0.3 is 12.1 Å². The van der Waals surface area contributed by atoms with Gasteiger partial charge in [-0.3, -0.25) is 4.79 Å². The molecule has 32 heavy (non-hydrogen) atoms. The highest BCUT2D eigenvalue weighted by Crippen LogP contribution is 2.30. The highest BCUT2D eigenvalue weighted by molar-refractivity contribution is 5.70. The number of aryl methyl sites for hydroxylation is 2. The zero-order valence-corrected chi connectivity index (χ0v) is 19.2. The van der Waals surface area contributed by atoms with Crippen LogP contribution in [0.4, 0.5) is 4.79 Å². The molecule has 1 saturated carbocycles. The predicted octanol–water partition coefficient (Wildman–Crippen LogP) is 3.23. The number of carbonyl (C=O) groups excluding carboxylic acids is 1. The van der Waals surface area contributed by atoms with Crippen LogP contribution in [-0.4, -0.2) is 48.9 Å². The molecule has 3 rings (SSSR count). The number of amides is 1. The number of aromatic nitrogens is 4. The lowest BCUT2D eigenvalue weighted by Gasteiger charge is -2.27. The first kappa shape index (κ1) is 23.5. The molecule has 0 saturated heterocycles. The molecule has 0 aliphatic heterocycles. The molecule has 2 aromatic rings. The van der Waals surface area contributed by atoms with Gasteiger partial charge in [0.1, 0.15) is 17.0 Å². The second-order valence-corrected chi connectivity index (χ2v) is 9.09. The Morgan fingerprint density at radius 3 is 2.69 bits per heavy atom. The van der Waals surface area contributed by atoms with E-state index >= 15 is 0 Å². The standard InChI is InChI=1S/C22H31N5O5/c1-13-18(31-15-8-6-7-14(11-15)20(28)29)10-9-16(24-13)19-17(27(5)26-25-19)12-23-21(30)32-22(2,3)4/h9-10,14-15H,6-8,11-12H2,1-5H3,(H,23,30)(H,28,29)/t14?,15-/m0/s1. The Morgan fingerprint density at radius 2 is 2.03 bits per heavy atom. The fourth-order valence-corrected chi connectivity index (χ4v) is 3.70. The largest absolute Gasteiger partial charge is 0.489 e. The van der Waals surface area contributed by atoms with Crippen LogP contribution in [0.15, 0.2) is 12.1 Å². The number of pyridine rings is 1. The van der Waals surface area contributed by atoms with E-state index in [1.54, 1.807) is 38.6 Å². The Labute approximate surface area is 187 Å². The van der Waals surface area contributed by atoms with Crippen molar-refractivity contribution in [2.45, 2.75) is 71.6 Å². The lowest BCUT2D eigenvalue weighted by Crippen LogP contribution is -2.32. The van der Waals surface area contributed by atoms with E-state index in [0.29, 0.717) is 41.4 Å². The van der Waals surface area contributed by atoms with Crippen molar-refractivity contribution in [2.24, 2.45) is 13.0 Å². The van der Waals surface area contributed by atoms with Gasteiger partial charge in [0.25, 0.3) is 0 Å². The number of carbonyl (C=O) groups is 2. The SMILES string of the molecule is Cc1nc(-c2nnn(C)c2CNC(=O)OC(C)(C)C)ccc1O[C@H]1CCCC(C(=O)O)C1. The molecule has 2 aromatic heterocycles. The molecule has 10 nitrogen and oxygen atoms in total. The maximum Gasteiger partial charge on any atom is 0.407 e. The third-order valence-corrected chi connectivity index (χ3v) is 5.29. The molecular formula is C22H31N5O5. The van der Waals surface area contributed by atoms with Crippen LogP contribution in [0.25, 0.3) is 11.4 Å². The van der Waals surface area contributed by atoms with Gasteiger partial charge in [-0.1, -0.05) is 5.21 Å². The zero-order chi connectivity index (χ0) is 23.5. The van der Waals surface area contributed by atoms with E-state index in [9.17, 15) is 14.7 Å². The van der Waals surface area contributed by atoms with Gasteiger partial charge in [-0.2, -0.15) is 0 Å². The topological polar surface area (TPSA) is 128 Å². The van der Waals surface area contributed by atoms with Crippen LogP contribution < -0.4 is 10.1 Å². The summed E-state index contributed by atoms with van der Waals surface area (Å²) >= 11 is 0. The lowest BCUT2D eigenvalue weighted by molar-refractivity contribution is -0.143. The molecular weight excluding hydrogens is 414 g/mol. The van der Waals surface area contributed by atoms with Crippen molar-refractivity contribution < 1.29 is 24.2 Å². The van der Waals surface area contributed by atoms with Crippen molar-refractivity contribution in [1.82, 2.24) is 25.3 Å². The first-order valence-corrected chi connectivity index (χ1v) is 10.8. The second kappa shape index (κ2) is 9.54. The van der Waals surface area contributed by atoms with Crippen LogP contribution >= 0.6 is 0 Å². The van der Waals surface area contributed by atoms with Gasteiger partial charge in [-0.15, -0.1) is 5.10 Å². The van der Waals surface area contributed by atoms with Crippen LogP contribution in [-0.2, 0) is 23.1 Å². The van der Waals surface area contributed by atoms with Gasteiger partial charge < -0.3 is 19.9 Å². The summed E-state index contributed by atoms with van der Waals surface area (Å²) in [5.74, 6) is -0.498. The number of hydrogen-bond acceptors (Lipinski definition) is 7. The number of carboxylic acid groups (broad SMARTS) is 1. The van der Waals surface area contributed by atoms with E-state index in [-0.39, 0.29) is 18.6 Å². The molecule has 1 unspecified atom stereocenters. The van der Waals surface area contributed by atoms with Crippen LogP contribution in [0.1, 0.15) is 57.8 Å². The first-order valence-electron chi connectivity index (χ1n) is 10.8. The van der Waals surface area contributed by atoms with E-state index in [1.807, 2.05) is 13.0 Å².